The van der Waals surface area contributed by atoms with Crippen LogP contribution in [0.3, 0.4) is 0 Å². The number of esters is 1. The van der Waals surface area contributed by atoms with Gasteiger partial charge in [0.1, 0.15) is 6.54 Å². The molecule has 2 aliphatic heterocycles. The molecule has 2 aromatic rings. The summed E-state index contributed by atoms with van der Waals surface area (Å²) < 4.78 is 13.6. The van der Waals surface area contributed by atoms with Crippen LogP contribution in [0.25, 0.3) is 11.4 Å². The Bertz CT molecular complexity index is 1090. The van der Waals surface area contributed by atoms with Crippen molar-refractivity contribution in [2.24, 2.45) is 0 Å². The molecule has 5 rings (SSSR count). The van der Waals surface area contributed by atoms with E-state index in [-0.39, 0.29) is 29.4 Å². The minimum atomic E-state index is -0.365. The first-order valence-electron chi connectivity index (χ1n) is 10.6. The van der Waals surface area contributed by atoms with E-state index in [2.05, 4.69) is 17.3 Å². The first-order valence-corrected chi connectivity index (χ1v) is 10.6. The number of methoxy groups -OCH3 is 1. The second-order valence-electron chi connectivity index (χ2n) is 8.56. The molecule has 0 saturated carbocycles. The number of hydrogen-bond acceptors (Lipinski definition) is 7. The number of carbonyl (C=O) groups excluding carboxylic acids is 1. The number of carbonyl (C=O) groups is 1. The highest BCUT2D eigenvalue weighted by molar-refractivity contribution is 5.70. The van der Waals surface area contributed by atoms with E-state index in [0.717, 1.165) is 49.2 Å². The predicted molar refractivity (Wildman–Crippen MR) is 109 cm³/mol. The summed E-state index contributed by atoms with van der Waals surface area (Å²) in [6, 6.07) is 0. The lowest BCUT2D eigenvalue weighted by atomic mass is 9.74. The Morgan fingerprint density at radius 3 is 2.90 bits per heavy atom. The molecule has 160 valence electrons. The third-order valence-electron chi connectivity index (χ3n) is 6.80. The topological polar surface area (TPSA) is 99.8 Å². The Morgan fingerprint density at radius 1 is 1.40 bits per heavy atom. The van der Waals surface area contributed by atoms with Crippen molar-refractivity contribution in [1.82, 2.24) is 24.5 Å². The van der Waals surface area contributed by atoms with E-state index in [4.69, 9.17) is 14.5 Å². The van der Waals surface area contributed by atoms with E-state index >= 15 is 0 Å². The summed E-state index contributed by atoms with van der Waals surface area (Å²) in [5.41, 5.74) is 2.43. The van der Waals surface area contributed by atoms with Crippen molar-refractivity contribution < 1.29 is 14.3 Å². The number of piperidine rings is 1. The van der Waals surface area contributed by atoms with Crippen LogP contribution in [0.5, 0.6) is 0 Å². The van der Waals surface area contributed by atoms with Crippen molar-refractivity contribution in [3.63, 3.8) is 0 Å². The normalized spacial score (nSPS) is 22.9. The summed E-state index contributed by atoms with van der Waals surface area (Å²) in [6.45, 7) is 5.05. The average Bonchev–Trinajstić information content (AvgIpc) is 3.33. The zero-order valence-electron chi connectivity index (χ0n) is 17.4. The Kier molecular flexibility index (Phi) is 4.74. The molecule has 0 amide bonds. The Balaban J connectivity index is 1.77. The zero-order chi connectivity index (χ0) is 20.9. The van der Waals surface area contributed by atoms with Gasteiger partial charge in [0, 0.05) is 16.7 Å². The first kappa shape index (κ1) is 19.4. The smallest absolute Gasteiger partial charge is 0.325 e. The van der Waals surface area contributed by atoms with Gasteiger partial charge < -0.3 is 19.4 Å². The van der Waals surface area contributed by atoms with Crippen molar-refractivity contribution in [3.8, 4) is 0 Å². The Labute approximate surface area is 174 Å². The van der Waals surface area contributed by atoms with Crippen molar-refractivity contribution in [2.45, 2.75) is 50.5 Å². The summed E-state index contributed by atoms with van der Waals surface area (Å²) in [7, 11) is 1.38. The third-order valence-corrected chi connectivity index (χ3v) is 6.80. The molecular weight excluding hydrogens is 386 g/mol. The Hall–Kier alpha value is -2.52. The van der Waals surface area contributed by atoms with Crippen LogP contribution in [-0.2, 0) is 26.2 Å². The minimum Gasteiger partial charge on any atom is -0.468 e. The summed E-state index contributed by atoms with van der Waals surface area (Å²) in [6.07, 6.45) is 5.38. The van der Waals surface area contributed by atoms with Crippen LogP contribution in [0.4, 0.5) is 0 Å². The molecule has 1 spiro atoms. The fourth-order valence-electron chi connectivity index (χ4n) is 5.44. The van der Waals surface area contributed by atoms with Gasteiger partial charge in [0.15, 0.2) is 5.82 Å². The van der Waals surface area contributed by atoms with Gasteiger partial charge in [-0.1, -0.05) is 13.0 Å². The van der Waals surface area contributed by atoms with Crippen molar-refractivity contribution in [2.75, 3.05) is 33.4 Å². The summed E-state index contributed by atoms with van der Waals surface area (Å²) in [4.78, 5) is 30.7. The molecule has 9 nitrogen and oxygen atoms in total. The van der Waals surface area contributed by atoms with Gasteiger partial charge in [-0.15, -0.1) is 5.10 Å². The maximum atomic E-state index is 13.7. The lowest BCUT2D eigenvalue weighted by Crippen LogP contribution is -2.42. The molecule has 1 atom stereocenters. The van der Waals surface area contributed by atoms with Crippen LogP contribution < -0.4 is 10.9 Å². The number of rotatable bonds is 3. The third kappa shape index (κ3) is 2.91. The van der Waals surface area contributed by atoms with Crippen molar-refractivity contribution in [3.05, 3.63) is 33.5 Å². The lowest BCUT2D eigenvalue weighted by Gasteiger charge is -2.34. The quantitative estimate of drug-likeness (QED) is 0.749. The number of fused-ring (bicyclic) bond motifs is 3. The number of nitrogens with one attached hydrogen (secondary N) is 1. The molecule has 0 aromatic carbocycles. The number of hydrogen-bond donors (Lipinski definition) is 1. The van der Waals surface area contributed by atoms with Crippen LogP contribution >= 0.6 is 0 Å². The van der Waals surface area contributed by atoms with Gasteiger partial charge in [0.25, 0.3) is 5.56 Å². The average molecular weight is 413 g/mol. The molecule has 0 bridgehead atoms. The van der Waals surface area contributed by atoms with Gasteiger partial charge in [-0.3, -0.25) is 9.59 Å². The van der Waals surface area contributed by atoms with E-state index < -0.39 is 0 Å². The van der Waals surface area contributed by atoms with Gasteiger partial charge in [-0.05, 0) is 50.3 Å². The van der Waals surface area contributed by atoms with Gasteiger partial charge in [0.2, 0.25) is 5.78 Å². The highest BCUT2D eigenvalue weighted by atomic mass is 16.5. The lowest BCUT2D eigenvalue weighted by molar-refractivity contribution is -0.141. The molecule has 30 heavy (non-hydrogen) atoms. The number of ether oxygens (including phenoxy) is 2. The van der Waals surface area contributed by atoms with Crippen LogP contribution in [-0.4, -0.2) is 58.5 Å². The van der Waals surface area contributed by atoms with Crippen LogP contribution in [0.1, 0.15) is 55.6 Å². The van der Waals surface area contributed by atoms with E-state index in [9.17, 15) is 9.59 Å². The molecule has 1 saturated heterocycles. The highest BCUT2D eigenvalue weighted by Gasteiger charge is 2.47. The van der Waals surface area contributed by atoms with Gasteiger partial charge in [0.05, 0.1) is 20.3 Å². The molecule has 1 aliphatic carbocycles. The van der Waals surface area contributed by atoms with Crippen LogP contribution in [0.2, 0.25) is 0 Å². The first-order chi connectivity index (χ1) is 14.5. The second kappa shape index (κ2) is 7.31. The van der Waals surface area contributed by atoms with E-state index in [0.29, 0.717) is 31.2 Å². The molecule has 4 heterocycles. The maximum Gasteiger partial charge on any atom is 0.325 e. The molecule has 0 radical (unpaired) electrons. The van der Waals surface area contributed by atoms with Crippen LogP contribution in [0.15, 0.2) is 10.9 Å². The molecule has 3 aliphatic rings. The number of nitrogens with zero attached hydrogens (tertiary/aromatic N) is 4. The highest BCUT2D eigenvalue weighted by Crippen LogP contribution is 2.49. The van der Waals surface area contributed by atoms with Gasteiger partial charge >= 0.3 is 5.97 Å². The standard InChI is InChI=1S/C21H27N5O4/c1-13-11-21(5-7-22-8-6-21)16-17(13)25(12-15(27)29-2)20-23-18(24-26(20)19(16)28)14-3-9-30-10-4-14/h3,13,22H,4-12H2,1-2H3. The molecule has 1 unspecified atom stereocenters. The molecule has 2 aromatic heterocycles. The van der Waals surface area contributed by atoms with E-state index in [1.807, 2.05) is 10.6 Å². The minimum absolute atomic E-state index is 0.0155. The SMILES string of the molecule is COC(=O)Cn1c2c(c(=O)n3nc(C4=CCOCC4)nc13)C1(CCNCC1)CC2C. The van der Waals surface area contributed by atoms with Gasteiger partial charge in [-0.25, -0.2) is 0 Å². The summed E-state index contributed by atoms with van der Waals surface area (Å²) in [5.74, 6) is 0.730. The van der Waals surface area contributed by atoms with Crippen molar-refractivity contribution >= 4 is 17.3 Å². The maximum absolute atomic E-state index is 13.7. The van der Waals surface area contributed by atoms with E-state index in [1.165, 1.54) is 11.6 Å². The molecule has 9 heteroatoms. The Morgan fingerprint density at radius 2 is 2.20 bits per heavy atom. The van der Waals surface area contributed by atoms with Crippen molar-refractivity contribution in [1.29, 1.82) is 0 Å². The van der Waals surface area contributed by atoms with Crippen LogP contribution in [0, 0.1) is 0 Å². The summed E-state index contributed by atoms with van der Waals surface area (Å²) >= 11 is 0. The van der Waals surface area contributed by atoms with Gasteiger partial charge in [-0.2, -0.15) is 9.50 Å². The zero-order valence-corrected chi connectivity index (χ0v) is 17.4. The fraction of sp³-hybridized carbons (Fsp3) is 0.619. The molecule has 1 fully saturated rings. The predicted octanol–water partition coefficient (Wildman–Crippen LogP) is 0.996. The summed E-state index contributed by atoms with van der Waals surface area (Å²) in [5, 5.41) is 8.00. The fourth-order valence-corrected chi connectivity index (χ4v) is 5.44. The monoisotopic (exact) mass is 413 g/mol. The molecule has 1 N–H and O–H groups in total. The number of aromatic nitrogens is 4. The molecular formula is C21H27N5O4. The second-order valence-corrected chi connectivity index (χ2v) is 8.56. The van der Waals surface area contributed by atoms with E-state index in [1.54, 1.807) is 0 Å². The largest absolute Gasteiger partial charge is 0.468 e.